The summed E-state index contributed by atoms with van der Waals surface area (Å²) in [6.07, 6.45) is -1.10. The summed E-state index contributed by atoms with van der Waals surface area (Å²) in [7, 11) is 0. The summed E-state index contributed by atoms with van der Waals surface area (Å²) < 4.78 is 23.3. The number of Topliss-reactive ketones (excluding diaryl/α,β-unsaturated/α-hetero) is 1. The number of anilines is 1. The third-order valence-corrected chi connectivity index (χ3v) is 4.91. The number of β-amino-alcohol motifs (C(OH)–C–C–N with tert-alkyl or cyclic N) is 1. The quantitative estimate of drug-likeness (QED) is 0.430. The number of carbonyl (C=O) groups excluding carboxylic acids is 4. The van der Waals surface area contributed by atoms with Gasteiger partial charge in [0.25, 0.3) is 5.91 Å². The van der Waals surface area contributed by atoms with Gasteiger partial charge in [-0.25, -0.2) is 9.18 Å². The van der Waals surface area contributed by atoms with E-state index in [1.165, 1.54) is 41.3 Å². The van der Waals surface area contributed by atoms with Crippen molar-refractivity contribution >= 4 is 29.3 Å². The van der Waals surface area contributed by atoms with Gasteiger partial charge in [0.1, 0.15) is 11.9 Å². The first kappa shape index (κ1) is 24.0. The first-order valence-corrected chi connectivity index (χ1v) is 10.2. The third-order valence-electron chi connectivity index (χ3n) is 4.91. The number of morpholine rings is 1. The number of ketones is 1. The molecule has 1 fully saturated rings. The molecule has 33 heavy (non-hydrogen) atoms. The molecule has 9 nitrogen and oxygen atoms in total. The van der Waals surface area contributed by atoms with Crippen LogP contribution in [0.5, 0.6) is 0 Å². The number of nitrogens with zero attached hydrogens (tertiary/aromatic N) is 1. The number of halogens is 1. The van der Waals surface area contributed by atoms with Gasteiger partial charge in [0.05, 0.1) is 25.2 Å². The van der Waals surface area contributed by atoms with Gasteiger partial charge in [-0.1, -0.05) is 0 Å². The van der Waals surface area contributed by atoms with Crippen LogP contribution in [0, 0.1) is 5.82 Å². The van der Waals surface area contributed by atoms with E-state index < -0.39 is 36.2 Å². The Labute approximate surface area is 189 Å². The molecule has 1 aliphatic heterocycles. The van der Waals surface area contributed by atoms with Gasteiger partial charge in [0.2, 0.25) is 5.91 Å². The first-order chi connectivity index (χ1) is 15.9. The van der Waals surface area contributed by atoms with E-state index >= 15 is 0 Å². The van der Waals surface area contributed by atoms with E-state index in [0.717, 1.165) is 12.1 Å². The van der Waals surface area contributed by atoms with Crippen LogP contribution in [0.4, 0.5) is 10.1 Å². The highest BCUT2D eigenvalue weighted by molar-refractivity contribution is 5.99. The predicted octanol–water partition coefficient (Wildman–Crippen LogP) is 1.41. The van der Waals surface area contributed by atoms with E-state index in [1.54, 1.807) is 0 Å². The summed E-state index contributed by atoms with van der Waals surface area (Å²) in [6.45, 7) is 0.174. The summed E-state index contributed by atoms with van der Waals surface area (Å²) in [5, 5.41) is 11.6. The molecule has 1 unspecified atom stereocenters. The summed E-state index contributed by atoms with van der Waals surface area (Å²) >= 11 is 0. The van der Waals surface area contributed by atoms with Crippen LogP contribution in [-0.4, -0.2) is 72.6 Å². The Hall–Kier alpha value is -3.63. The van der Waals surface area contributed by atoms with Gasteiger partial charge < -0.3 is 24.8 Å². The van der Waals surface area contributed by atoms with Gasteiger partial charge >= 0.3 is 5.97 Å². The molecule has 2 amide bonds. The second kappa shape index (κ2) is 11.3. The molecule has 2 N–H and O–H groups in total. The summed E-state index contributed by atoms with van der Waals surface area (Å²) in [6, 6.07) is 10.7. The number of aliphatic hydroxyl groups is 1. The molecule has 0 bridgehead atoms. The maximum absolute atomic E-state index is 12.9. The normalized spacial score (nSPS) is 15.8. The molecule has 0 spiro atoms. The van der Waals surface area contributed by atoms with Crippen LogP contribution in [0.1, 0.15) is 27.1 Å². The van der Waals surface area contributed by atoms with E-state index in [0.29, 0.717) is 12.2 Å². The van der Waals surface area contributed by atoms with Crippen molar-refractivity contribution < 1.29 is 38.1 Å². The molecule has 2 aromatic carbocycles. The van der Waals surface area contributed by atoms with Crippen LogP contribution in [0.15, 0.2) is 48.5 Å². The Morgan fingerprint density at radius 2 is 1.76 bits per heavy atom. The van der Waals surface area contributed by atoms with E-state index in [-0.39, 0.29) is 43.2 Å². The van der Waals surface area contributed by atoms with Crippen LogP contribution >= 0.6 is 0 Å². The highest BCUT2D eigenvalue weighted by atomic mass is 19.1. The van der Waals surface area contributed by atoms with E-state index in [9.17, 15) is 23.6 Å². The van der Waals surface area contributed by atoms with Crippen LogP contribution < -0.4 is 5.32 Å². The molecule has 0 saturated carbocycles. The van der Waals surface area contributed by atoms with Crippen molar-refractivity contribution in [2.24, 2.45) is 0 Å². The Bertz CT molecular complexity index is 1010. The minimum Gasteiger partial charge on any atom is -0.454 e. The Morgan fingerprint density at radius 1 is 1.09 bits per heavy atom. The average molecular weight is 458 g/mol. The second-order valence-corrected chi connectivity index (χ2v) is 7.24. The molecule has 0 aliphatic carbocycles. The molecule has 174 valence electrons. The van der Waals surface area contributed by atoms with E-state index in [4.69, 9.17) is 14.6 Å². The molecular formula is C23H23FN2O7. The lowest BCUT2D eigenvalue weighted by molar-refractivity contribution is -0.155. The minimum atomic E-state index is -0.918. The zero-order valence-corrected chi connectivity index (χ0v) is 17.7. The number of amides is 2. The molecule has 10 heteroatoms. The zero-order chi connectivity index (χ0) is 23.8. The second-order valence-electron chi connectivity index (χ2n) is 7.24. The lowest BCUT2D eigenvalue weighted by Gasteiger charge is -2.31. The molecule has 1 saturated heterocycles. The van der Waals surface area contributed by atoms with Gasteiger partial charge in [0.15, 0.2) is 12.4 Å². The van der Waals surface area contributed by atoms with Crippen molar-refractivity contribution in [2.45, 2.75) is 12.5 Å². The van der Waals surface area contributed by atoms with Gasteiger partial charge in [-0.15, -0.1) is 0 Å². The van der Waals surface area contributed by atoms with Crippen LogP contribution in [0.2, 0.25) is 0 Å². The fraction of sp³-hybridized carbons (Fsp3) is 0.304. The standard InChI is InChI=1S/C23H23FN2O7/c24-17-5-1-15(2-6-17)19(28)14-33-23(31)16-3-7-18(8-4-16)25-21(29)13-20-22(30)26(9-11-27)10-12-32-20/h1-8,20,27H,9-14H2,(H,25,29). The predicted molar refractivity (Wildman–Crippen MR) is 114 cm³/mol. The maximum atomic E-state index is 12.9. The van der Waals surface area contributed by atoms with Crippen LogP contribution in [-0.2, 0) is 19.1 Å². The molecule has 3 rings (SSSR count). The number of aliphatic hydroxyl groups excluding tert-OH is 1. The number of nitrogens with one attached hydrogen (secondary N) is 1. The highest BCUT2D eigenvalue weighted by Gasteiger charge is 2.31. The lowest BCUT2D eigenvalue weighted by Crippen LogP contribution is -2.49. The number of hydrogen-bond donors (Lipinski definition) is 2. The van der Waals surface area contributed by atoms with Gasteiger partial charge in [-0.05, 0) is 48.5 Å². The highest BCUT2D eigenvalue weighted by Crippen LogP contribution is 2.15. The van der Waals surface area contributed by atoms with E-state index in [1.807, 2.05) is 0 Å². The van der Waals surface area contributed by atoms with Crippen LogP contribution in [0.3, 0.4) is 0 Å². The summed E-state index contributed by atoms with van der Waals surface area (Å²) in [4.78, 5) is 50.1. The van der Waals surface area contributed by atoms with Crippen molar-refractivity contribution in [1.29, 1.82) is 0 Å². The van der Waals surface area contributed by atoms with Crippen molar-refractivity contribution in [2.75, 3.05) is 38.2 Å². The SMILES string of the molecule is O=C(CC1OCCN(CCO)C1=O)Nc1ccc(C(=O)OCC(=O)c2ccc(F)cc2)cc1. The average Bonchev–Trinajstić information content (AvgIpc) is 2.81. The largest absolute Gasteiger partial charge is 0.454 e. The van der Waals surface area contributed by atoms with Gasteiger partial charge in [0, 0.05) is 24.3 Å². The molecule has 0 radical (unpaired) electrons. The topological polar surface area (TPSA) is 122 Å². The maximum Gasteiger partial charge on any atom is 0.338 e. The van der Waals surface area contributed by atoms with Gasteiger partial charge in [-0.3, -0.25) is 14.4 Å². The van der Waals surface area contributed by atoms with Crippen LogP contribution in [0.25, 0.3) is 0 Å². The number of hydrogen-bond acceptors (Lipinski definition) is 7. The summed E-state index contributed by atoms with van der Waals surface area (Å²) in [5.74, 6) is -2.46. The number of carbonyl (C=O) groups is 4. The minimum absolute atomic E-state index is 0.167. The molecule has 1 heterocycles. The fourth-order valence-corrected chi connectivity index (χ4v) is 3.18. The third kappa shape index (κ3) is 6.67. The monoisotopic (exact) mass is 458 g/mol. The first-order valence-electron chi connectivity index (χ1n) is 10.2. The molecule has 0 aromatic heterocycles. The molecule has 1 aliphatic rings. The Balaban J connectivity index is 1.48. The molecule has 2 aromatic rings. The van der Waals surface area contributed by atoms with Crippen molar-refractivity contribution in [1.82, 2.24) is 4.90 Å². The van der Waals surface area contributed by atoms with E-state index in [2.05, 4.69) is 5.32 Å². The fourth-order valence-electron chi connectivity index (χ4n) is 3.18. The van der Waals surface area contributed by atoms with Crippen molar-refractivity contribution in [3.05, 3.63) is 65.5 Å². The Kier molecular flexibility index (Phi) is 8.22. The van der Waals surface area contributed by atoms with Gasteiger partial charge in [-0.2, -0.15) is 0 Å². The number of ether oxygens (including phenoxy) is 2. The molecular weight excluding hydrogens is 435 g/mol. The zero-order valence-electron chi connectivity index (χ0n) is 17.7. The molecule has 1 atom stereocenters. The Morgan fingerprint density at radius 3 is 2.42 bits per heavy atom. The number of rotatable bonds is 9. The van der Waals surface area contributed by atoms with Crippen molar-refractivity contribution in [3.63, 3.8) is 0 Å². The summed E-state index contributed by atoms with van der Waals surface area (Å²) in [5.41, 5.74) is 0.793. The smallest absolute Gasteiger partial charge is 0.338 e. The number of esters is 1. The van der Waals surface area contributed by atoms with Crippen molar-refractivity contribution in [3.8, 4) is 0 Å². The number of benzene rings is 2. The lowest BCUT2D eigenvalue weighted by atomic mass is 10.1.